The Kier molecular flexibility index (Phi) is 1.81. The number of hydrogen-bond acceptors (Lipinski definition) is 3. The van der Waals surface area contributed by atoms with Gasteiger partial charge in [0.15, 0.2) is 0 Å². The molecule has 4 heteroatoms. The molecule has 0 aromatic rings. The number of rotatable bonds is 1. The van der Waals surface area contributed by atoms with Gasteiger partial charge in [-0.05, 0) is 6.30 Å². The van der Waals surface area contributed by atoms with Gasteiger partial charge in [-0.15, -0.1) is 0 Å². The van der Waals surface area contributed by atoms with Gasteiger partial charge < -0.3 is 14.3 Å². The Balaban J connectivity index is 3.48. The van der Waals surface area contributed by atoms with Crippen LogP contribution in [0.1, 0.15) is 0 Å². The largest absolute Gasteiger partial charge is 0.333 e. The van der Waals surface area contributed by atoms with E-state index in [1.807, 2.05) is 0 Å². The average Bonchev–Trinajstić information content (AvgIpc) is 1.35. The molecule has 0 aliphatic heterocycles. The second kappa shape index (κ2) is 1.76. The quantitative estimate of drug-likeness (QED) is 0.460. The van der Waals surface area contributed by atoms with Crippen LogP contribution in [-0.4, -0.2) is 23.2 Å². The molecule has 38 valence electrons. The fourth-order valence-corrected chi connectivity index (χ4v) is 0. The molecule has 0 aliphatic rings. The molecule has 0 unspecified atom stereocenters. The van der Waals surface area contributed by atoms with Crippen LogP contribution in [0.3, 0.4) is 0 Å². The second-order valence-corrected chi connectivity index (χ2v) is 2.54. The highest BCUT2D eigenvalue weighted by atomic mass is 31.2. The van der Waals surface area contributed by atoms with Crippen LogP contribution in [0.25, 0.3) is 0 Å². The van der Waals surface area contributed by atoms with Gasteiger partial charge in [0, 0.05) is 7.11 Å². The fraction of sp³-hybridized carbons (Fsp3) is 0.500. The molecule has 0 saturated heterocycles. The first kappa shape index (κ1) is 6.18. The van der Waals surface area contributed by atoms with E-state index in [2.05, 4.69) is 10.8 Å². The van der Waals surface area contributed by atoms with E-state index in [1.54, 1.807) is 0 Å². The smallest absolute Gasteiger partial charge is 0.245 e. The summed E-state index contributed by atoms with van der Waals surface area (Å²) in [5.74, 6) is 0. The molecule has 2 N–H and O–H groups in total. The fourth-order valence-electron chi connectivity index (χ4n) is 0. The molecular formula is C2H7O3P. The van der Waals surface area contributed by atoms with Gasteiger partial charge >= 0.3 is 0 Å². The highest BCUT2D eigenvalue weighted by molar-refractivity contribution is 7.57. The van der Waals surface area contributed by atoms with Crippen LogP contribution >= 0.6 is 7.57 Å². The first-order valence-electron chi connectivity index (χ1n) is 1.31. The van der Waals surface area contributed by atoms with E-state index in [0.29, 0.717) is 0 Å². The van der Waals surface area contributed by atoms with Crippen molar-refractivity contribution >= 4 is 13.9 Å². The molecule has 0 radical (unpaired) electrons. The van der Waals surface area contributed by atoms with Crippen molar-refractivity contribution in [1.29, 1.82) is 0 Å². The van der Waals surface area contributed by atoms with Gasteiger partial charge in [0.05, 0.1) is 0 Å². The topological polar surface area (TPSA) is 49.7 Å². The maximum absolute atomic E-state index is 8.16. The summed E-state index contributed by atoms with van der Waals surface area (Å²) in [5, 5.41) is 0. The van der Waals surface area contributed by atoms with Crippen LogP contribution in [-0.2, 0) is 4.52 Å². The first-order chi connectivity index (χ1) is 2.56. The van der Waals surface area contributed by atoms with Gasteiger partial charge in [-0.1, -0.05) is 0 Å². The van der Waals surface area contributed by atoms with Crippen molar-refractivity contribution in [2.24, 2.45) is 0 Å². The summed E-state index contributed by atoms with van der Waals surface area (Å²) in [4.78, 5) is 16.3. The molecule has 0 heterocycles. The zero-order valence-electron chi connectivity index (χ0n) is 3.46. The van der Waals surface area contributed by atoms with E-state index < -0.39 is 7.57 Å². The molecule has 0 rings (SSSR count). The summed E-state index contributed by atoms with van der Waals surface area (Å²) >= 11 is 0. The molecule has 3 nitrogen and oxygen atoms in total. The Bertz CT molecular complexity index is 72.9. The lowest BCUT2D eigenvalue weighted by atomic mass is 11.8. The lowest BCUT2D eigenvalue weighted by Gasteiger charge is -2.02. The van der Waals surface area contributed by atoms with Gasteiger partial charge in [-0.3, -0.25) is 0 Å². The summed E-state index contributed by atoms with van der Waals surface area (Å²) in [6.45, 7) is 0. The van der Waals surface area contributed by atoms with E-state index in [-0.39, 0.29) is 0 Å². The van der Waals surface area contributed by atoms with E-state index >= 15 is 0 Å². The minimum atomic E-state index is -3.15. The molecule has 0 aliphatic carbocycles. The van der Waals surface area contributed by atoms with Gasteiger partial charge in [-0.25, -0.2) is 0 Å². The normalized spacial score (nSPS) is 11.8. The summed E-state index contributed by atoms with van der Waals surface area (Å²) in [7, 11) is -1.95. The lowest BCUT2D eigenvalue weighted by Crippen LogP contribution is -1.77. The van der Waals surface area contributed by atoms with Crippen LogP contribution in [0, 0.1) is 0 Å². The molecule has 0 aromatic heterocycles. The molecule has 6 heavy (non-hydrogen) atoms. The van der Waals surface area contributed by atoms with E-state index in [4.69, 9.17) is 9.79 Å². The Labute approximate surface area is 36.4 Å². The minimum absolute atomic E-state index is 1.20. The highest BCUT2D eigenvalue weighted by Crippen LogP contribution is 2.32. The molecule has 0 fully saturated rings. The molecule has 0 amide bonds. The highest BCUT2D eigenvalue weighted by Gasteiger charge is 1.95. The summed E-state index contributed by atoms with van der Waals surface area (Å²) in [6.07, 6.45) is 2.89. The van der Waals surface area contributed by atoms with Crippen LogP contribution < -0.4 is 0 Å². The Morgan fingerprint density at radius 1 is 1.67 bits per heavy atom. The summed E-state index contributed by atoms with van der Waals surface area (Å²) < 4.78 is 4.05. The standard InChI is InChI=1S/C2H7O3P/c1-5-6(2,3)4/h3-4H,2H2,1H3. The maximum atomic E-state index is 8.16. The van der Waals surface area contributed by atoms with Crippen molar-refractivity contribution in [3.8, 4) is 0 Å². The molecule has 0 atom stereocenters. The Hall–Kier alpha value is 0.180. The summed E-state index contributed by atoms with van der Waals surface area (Å²) in [5.41, 5.74) is 0. The third-order valence-electron chi connectivity index (χ3n) is 0.292. The molecule has 0 aromatic carbocycles. The Morgan fingerprint density at radius 3 is 1.83 bits per heavy atom. The molecule has 0 saturated carbocycles. The monoisotopic (exact) mass is 110 g/mol. The molecular weight excluding hydrogens is 103 g/mol. The van der Waals surface area contributed by atoms with E-state index in [9.17, 15) is 0 Å². The first-order valence-corrected chi connectivity index (χ1v) is 3.10. The van der Waals surface area contributed by atoms with Gasteiger partial charge in [0.2, 0.25) is 7.57 Å². The van der Waals surface area contributed by atoms with Crippen molar-refractivity contribution in [2.75, 3.05) is 7.11 Å². The van der Waals surface area contributed by atoms with Gasteiger partial charge in [-0.2, -0.15) is 0 Å². The van der Waals surface area contributed by atoms with Crippen molar-refractivity contribution in [2.45, 2.75) is 0 Å². The van der Waals surface area contributed by atoms with E-state index in [1.165, 1.54) is 7.11 Å². The SMILES string of the molecule is C=P(O)(O)OC. The zero-order valence-corrected chi connectivity index (χ0v) is 4.35. The van der Waals surface area contributed by atoms with Gasteiger partial charge in [0.25, 0.3) is 0 Å². The van der Waals surface area contributed by atoms with E-state index in [0.717, 1.165) is 0 Å². The predicted octanol–water partition coefficient (Wildman–Crippen LogP) is -0.188. The zero-order chi connectivity index (χ0) is 5.21. The number of hydrogen-bond donors (Lipinski definition) is 2. The average molecular weight is 110 g/mol. The molecule has 0 bridgehead atoms. The summed E-state index contributed by atoms with van der Waals surface area (Å²) in [6, 6.07) is 0. The Morgan fingerprint density at radius 2 is 1.83 bits per heavy atom. The van der Waals surface area contributed by atoms with Gasteiger partial charge in [0.1, 0.15) is 0 Å². The van der Waals surface area contributed by atoms with Crippen molar-refractivity contribution < 1.29 is 14.3 Å². The van der Waals surface area contributed by atoms with Crippen molar-refractivity contribution in [3.63, 3.8) is 0 Å². The third kappa shape index (κ3) is 4.18. The predicted molar refractivity (Wildman–Crippen MR) is 25.5 cm³/mol. The van der Waals surface area contributed by atoms with Crippen LogP contribution in [0.5, 0.6) is 0 Å². The van der Waals surface area contributed by atoms with Crippen LogP contribution in [0.2, 0.25) is 0 Å². The minimum Gasteiger partial charge on any atom is -0.333 e. The maximum Gasteiger partial charge on any atom is 0.245 e. The van der Waals surface area contributed by atoms with Crippen LogP contribution in [0.15, 0.2) is 0 Å². The second-order valence-electron chi connectivity index (χ2n) is 0.847. The lowest BCUT2D eigenvalue weighted by molar-refractivity contribution is 0.304. The van der Waals surface area contributed by atoms with Crippen molar-refractivity contribution in [3.05, 3.63) is 0 Å². The third-order valence-corrected chi connectivity index (χ3v) is 0.877. The van der Waals surface area contributed by atoms with Crippen LogP contribution in [0.4, 0.5) is 0 Å². The van der Waals surface area contributed by atoms with Crippen molar-refractivity contribution in [1.82, 2.24) is 0 Å². The molecule has 0 spiro atoms.